The van der Waals surface area contributed by atoms with Gasteiger partial charge in [-0.2, -0.15) is 0 Å². The SMILES string of the molecule is CCc1nnc(NCc2cc(OC)ccc2Br)s1. The number of halogens is 1. The highest BCUT2D eigenvalue weighted by atomic mass is 79.9. The zero-order valence-electron chi connectivity index (χ0n) is 10.2. The number of hydrogen-bond donors (Lipinski definition) is 1. The lowest BCUT2D eigenvalue weighted by Gasteiger charge is -2.07. The van der Waals surface area contributed by atoms with Gasteiger partial charge in [-0.15, -0.1) is 10.2 Å². The van der Waals surface area contributed by atoms with E-state index in [9.17, 15) is 0 Å². The summed E-state index contributed by atoms with van der Waals surface area (Å²) in [6.45, 7) is 2.76. The first-order valence-corrected chi connectivity index (χ1v) is 7.22. The molecule has 0 aliphatic rings. The second-order valence-corrected chi connectivity index (χ2v) is 5.58. The van der Waals surface area contributed by atoms with E-state index in [-0.39, 0.29) is 0 Å². The molecule has 6 heteroatoms. The van der Waals surface area contributed by atoms with Crippen LogP contribution in [0.5, 0.6) is 5.75 Å². The smallest absolute Gasteiger partial charge is 0.205 e. The Balaban J connectivity index is 2.05. The second kappa shape index (κ2) is 6.15. The second-order valence-electron chi connectivity index (χ2n) is 3.67. The predicted molar refractivity (Wildman–Crippen MR) is 77.3 cm³/mol. The van der Waals surface area contributed by atoms with Gasteiger partial charge in [0.25, 0.3) is 0 Å². The topological polar surface area (TPSA) is 47.0 Å². The van der Waals surface area contributed by atoms with Crippen molar-refractivity contribution >= 4 is 32.4 Å². The van der Waals surface area contributed by atoms with Crippen molar-refractivity contribution in [2.75, 3.05) is 12.4 Å². The van der Waals surface area contributed by atoms with Crippen LogP contribution in [0.25, 0.3) is 0 Å². The monoisotopic (exact) mass is 327 g/mol. The summed E-state index contributed by atoms with van der Waals surface area (Å²) in [6.07, 6.45) is 0.919. The Morgan fingerprint density at radius 1 is 1.39 bits per heavy atom. The lowest BCUT2D eigenvalue weighted by Crippen LogP contribution is -2.00. The number of hydrogen-bond acceptors (Lipinski definition) is 5. The number of nitrogens with one attached hydrogen (secondary N) is 1. The summed E-state index contributed by atoms with van der Waals surface area (Å²) in [4.78, 5) is 0. The lowest BCUT2D eigenvalue weighted by molar-refractivity contribution is 0.414. The molecule has 1 N–H and O–H groups in total. The highest BCUT2D eigenvalue weighted by molar-refractivity contribution is 9.10. The van der Waals surface area contributed by atoms with Gasteiger partial charge in [0, 0.05) is 11.0 Å². The molecule has 0 unspecified atom stereocenters. The molecule has 18 heavy (non-hydrogen) atoms. The number of ether oxygens (including phenoxy) is 1. The molecule has 0 aliphatic carbocycles. The van der Waals surface area contributed by atoms with E-state index in [0.717, 1.165) is 32.3 Å². The predicted octanol–water partition coefficient (Wildman–Crippen LogP) is 3.48. The number of aryl methyl sites for hydroxylation is 1. The van der Waals surface area contributed by atoms with Gasteiger partial charge in [0.05, 0.1) is 7.11 Å². The molecule has 96 valence electrons. The van der Waals surface area contributed by atoms with Crippen LogP contribution in [0.15, 0.2) is 22.7 Å². The number of nitrogens with zero attached hydrogens (tertiary/aromatic N) is 2. The van der Waals surface area contributed by atoms with Crippen molar-refractivity contribution in [2.45, 2.75) is 19.9 Å². The molecular weight excluding hydrogens is 314 g/mol. The molecule has 2 rings (SSSR count). The molecule has 0 fully saturated rings. The van der Waals surface area contributed by atoms with E-state index in [4.69, 9.17) is 4.74 Å². The van der Waals surface area contributed by atoms with Gasteiger partial charge in [0.2, 0.25) is 5.13 Å². The maximum absolute atomic E-state index is 5.21. The third-order valence-electron chi connectivity index (χ3n) is 2.45. The summed E-state index contributed by atoms with van der Waals surface area (Å²) in [5.41, 5.74) is 1.13. The highest BCUT2D eigenvalue weighted by Crippen LogP contribution is 2.24. The van der Waals surface area contributed by atoms with Gasteiger partial charge in [-0.25, -0.2) is 0 Å². The molecule has 0 bridgehead atoms. The Morgan fingerprint density at radius 3 is 2.89 bits per heavy atom. The van der Waals surface area contributed by atoms with E-state index >= 15 is 0 Å². The van der Waals surface area contributed by atoms with Gasteiger partial charge >= 0.3 is 0 Å². The van der Waals surface area contributed by atoms with Crippen LogP contribution in [0.2, 0.25) is 0 Å². The van der Waals surface area contributed by atoms with Gasteiger partial charge in [0.15, 0.2) is 0 Å². The van der Waals surface area contributed by atoms with Crippen LogP contribution in [0.4, 0.5) is 5.13 Å². The van der Waals surface area contributed by atoms with E-state index in [0.29, 0.717) is 6.54 Å². The van der Waals surface area contributed by atoms with Crippen molar-refractivity contribution in [3.8, 4) is 5.75 Å². The fourth-order valence-corrected chi connectivity index (χ4v) is 2.51. The summed E-state index contributed by atoms with van der Waals surface area (Å²) in [6, 6.07) is 5.90. The minimum absolute atomic E-state index is 0.691. The molecule has 1 aromatic heterocycles. The summed E-state index contributed by atoms with van der Waals surface area (Å²) in [5, 5.41) is 13.3. The molecule has 0 atom stereocenters. The Bertz CT molecular complexity index is 530. The quantitative estimate of drug-likeness (QED) is 0.913. The molecule has 0 spiro atoms. The molecule has 0 radical (unpaired) electrons. The molecule has 0 saturated heterocycles. The molecule has 0 amide bonds. The van der Waals surface area contributed by atoms with Gasteiger partial charge in [-0.05, 0) is 30.2 Å². The molecule has 0 aliphatic heterocycles. The fourth-order valence-electron chi connectivity index (χ4n) is 1.45. The number of rotatable bonds is 5. The Morgan fingerprint density at radius 2 is 2.22 bits per heavy atom. The summed E-state index contributed by atoms with van der Waals surface area (Å²) >= 11 is 5.11. The van der Waals surface area contributed by atoms with Crippen molar-refractivity contribution in [3.63, 3.8) is 0 Å². The van der Waals surface area contributed by atoms with Gasteiger partial charge in [-0.3, -0.25) is 0 Å². The molecule has 2 aromatic rings. The Hall–Kier alpha value is -1.14. The van der Waals surface area contributed by atoms with Crippen LogP contribution in [0, 0.1) is 0 Å². The first kappa shape index (κ1) is 13.3. The van der Waals surface area contributed by atoms with Crippen LogP contribution in [0.3, 0.4) is 0 Å². The zero-order valence-corrected chi connectivity index (χ0v) is 12.6. The molecule has 4 nitrogen and oxygen atoms in total. The van der Waals surface area contributed by atoms with Crippen molar-refractivity contribution in [1.29, 1.82) is 0 Å². The minimum atomic E-state index is 0.691. The number of anilines is 1. The standard InChI is InChI=1S/C12H14BrN3OS/c1-3-11-15-16-12(18-11)14-7-8-6-9(17-2)4-5-10(8)13/h4-6H,3,7H2,1-2H3,(H,14,16). The zero-order chi connectivity index (χ0) is 13.0. The normalized spacial score (nSPS) is 10.4. The summed E-state index contributed by atoms with van der Waals surface area (Å²) in [7, 11) is 1.67. The summed E-state index contributed by atoms with van der Waals surface area (Å²) < 4.78 is 6.26. The molecule has 0 saturated carbocycles. The first-order valence-electron chi connectivity index (χ1n) is 5.61. The molecular formula is C12H14BrN3OS. The number of aromatic nitrogens is 2. The van der Waals surface area contributed by atoms with E-state index in [1.165, 1.54) is 0 Å². The number of methoxy groups -OCH3 is 1. The third kappa shape index (κ3) is 3.20. The first-order chi connectivity index (χ1) is 8.72. The van der Waals surface area contributed by atoms with Crippen LogP contribution >= 0.6 is 27.3 Å². The summed E-state index contributed by atoms with van der Waals surface area (Å²) in [5.74, 6) is 0.849. The molecule has 1 heterocycles. The fraction of sp³-hybridized carbons (Fsp3) is 0.333. The average Bonchev–Trinajstić information content (AvgIpc) is 2.86. The van der Waals surface area contributed by atoms with Gasteiger partial charge in [-0.1, -0.05) is 34.2 Å². The highest BCUT2D eigenvalue weighted by Gasteiger charge is 2.05. The van der Waals surface area contributed by atoms with Crippen molar-refractivity contribution < 1.29 is 4.74 Å². The van der Waals surface area contributed by atoms with Crippen LogP contribution in [0.1, 0.15) is 17.5 Å². The average molecular weight is 328 g/mol. The molecule has 1 aromatic carbocycles. The maximum atomic E-state index is 5.21. The maximum Gasteiger partial charge on any atom is 0.205 e. The largest absolute Gasteiger partial charge is 0.497 e. The van der Waals surface area contributed by atoms with Crippen LogP contribution in [-0.2, 0) is 13.0 Å². The van der Waals surface area contributed by atoms with Crippen molar-refractivity contribution in [2.24, 2.45) is 0 Å². The van der Waals surface area contributed by atoms with Crippen molar-refractivity contribution in [1.82, 2.24) is 10.2 Å². The van der Waals surface area contributed by atoms with Crippen LogP contribution in [-0.4, -0.2) is 17.3 Å². The van der Waals surface area contributed by atoms with E-state index in [2.05, 4.69) is 38.4 Å². The van der Waals surface area contributed by atoms with Crippen LogP contribution < -0.4 is 10.1 Å². The van der Waals surface area contributed by atoms with E-state index in [1.54, 1.807) is 18.4 Å². The number of benzene rings is 1. The van der Waals surface area contributed by atoms with Gasteiger partial charge < -0.3 is 10.1 Å². The Labute approximate surface area is 119 Å². The van der Waals surface area contributed by atoms with E-state index in [1.807, 2.05) is 18.2 Å². The lowest BCUT2D eigenvalue weighted by atomic mass is 10.2. The third-order valence-corrected chi connectivity index (χ3v) is 4.25. The van der Waals surface area contributed by atoms with E-state index < -0.39 is 0 Å². The van der Waals surface area contributed by atoms with Crippen molar-refractivity contribution in [3.05, 3.63) is 33.2 Å². The Kier molecular flexibility index (Phi) is 4.54. The minimum Gasteiger partial charge on any atom is -0.497 e. The van der Waals surface area contributed by atoms with Gasteiger partial charge in [0.1, 0.15) is 10.8 Å².